The van der Waals surface area contributed by atoms with Crippen molar-refractivity contribution in [3.05, 3.63) is 53.1 Å². The van der Waals surface area contributed by atoms with Gasteiger partial charge in [0.25, 0.3) is 0 Å². The monoisotopic (exact) mass is 424 g/mol. The van der Waals surface area contributed by atoms with Gasteiger partial charge in [-0.3, -0.25) is 9.59 Å². The van der Waals surface area contributed by atoms with Crippen LogP contribution < -0.4 is 0 Å². The Morgan fingerprint density at radius 1 is 1.07 bits per heavy atom. The van der Waals surface area contributed by atoms with Gasteiger partial charge in [-0.15, -0.1) is 0 Å². The van der Waals surface area contributed by atoms with E-state index in [-0.39, 0.29) is 18.0 Å². The maximum Gasteiger partial charge on any atom is 0.416 e. The largest absolute Gasteiger partial charge is 0.469 e. The van der Waals surface area contributed by atoms with E-state index in [1.165, 1.54) is 46.1 Å². The first-order chi connectivity index (χ1) is 14.2. The van der Waals surface area contributed by atoms with Crippen LogP contribution in [-0.4, -0.2) is 25.5 Å². The molecule has 3 rings (SSSR count). The van der Waals surface area contributed by atoms with Crippen molar-refractivity contribution in [2.24, 2.45) is 5.92 Å². The number of carbonyl (C=O) groups is 2. The van der Waals surface area contributed by atoms with E-state index in [1.54, 1.807) is 24.3 Å². The van der Waals surface area contributed by atoms with Gasteiger partial charge in [0.05, 0.1) is 12.7 Å². The SMILES string of the molecule is CC1CCCCC1.COC(C)=O.O=CC1=C(C(F)(F)F)C=C(c2ccccc2)CC1. The molecule has 0 heterocycles. The Kier molecular flexibility index (Phi) is 11.2. The average Bonchev–Trinajstić information content (AvgIpc) is 2.74. The summed E-state index contributed by atoms with van der Waals surface area (Å²) >= 11 is 0. The van der Waals surface area contributed by atoms with Crippen LogP contribution in [0, 0.1) is 5.92 Å². The fourth-order valence-electron chi connectivity index (χ4n) is 3.32. The zero-order valence-corrected chi connectivity index (χ0v) is 17.9. The van der Waals surface area contributed by atoms with E-state index in [4.69, 9.17) is 0 Å². The highest BCUT2D eigenvalue weighted by molar-refractivity contribution is 5.82. The van der Waals surface area contributed by atoms with Crippen molar-refractivity contribution in [3.8, 4) is 0 Å². The number of rotatable bonds is 2. The molecule has 0 amide bonds. The zero-order chi connectivity index (χ0) is 22.6. The minimum atomic E-state index is -4.48. The number of methoxy groups -OCH3 is 1. The first-order valence-electron chi connectivity index (χ1n) is 10.2. The third-order valence-electron chi connectivity index (χ3n) is 5.10. The summed E-state index contributed by atoms with van der Waals surface area (Å²) < 4.78 is 42.5. The molecule has 1 aromatic rings. The number of hydrogen-bond acceptors (Lipinski definition) is 3. The Hall–Kier alpha value is -2.37. The fourth-order valence-corrected chi connectivity index (χ4v) is 3.32. The molecular weight excluding hydrogens is 393 g/mol. The van der Waals surface area contributed by atoms with Crippen LogP contribution >= 0.6 is 0 Å². The van der Waals surface area contributed by atoms with Gasteiger partial charge >= 0.3 is 12.1 Å². The van der Waals surface area contributed by atoms with Crippen LogP contribution in [0.2, 0.25) is 0 Å². The summed E-state index contributed by atoms with van der Waals surface area (Å²) in [6, 6.07) is 8.91. The van der Waals surface area contributed by atoms with Crippen molar-refractivity contribution in [3.63, 3.8) is 0 Å². The summed E-state index contributed by atoms with van der Waals surface area (Å²) in [6.45, 7) is 3.72. The molecule has 0 aromatic heterocycles. The molecular formula is C24H31F3O3. The molecule has 1 fully saturated rings. The second kappa shape index (κ2) is 13.0. The lowest BCUT2D eigenvalue weighted by molar-refractivity contribution is -0.137. The lowest BCUT2D eigenvalue weighted by Crippen LogP contribution is -2.16. The van der Waals surface area contributed by atoms with E-state index in [0.29, 0.717) is 18.3 Å². The van der Waals surface area contributed by atoms with Crippen molar-refractivity contribution >= 4 is 17.8 Å². The van der Waals surface area contributed by atoms with E-state index in [2.05, 4.69) is 11.7 Å². The predicted octanol–water partition coefficient (Wildman–Crippen LogP) is 6.69. The van der Waals surface area contributed by atoms with Gasteiger partial charge in [0.15, 0.2) is 0 Å². The van der Waals surface area contributed by atoms with E-state index in [0.717, 1.165) is 17.6 Å². The zero-order valence-electron chi connectivity index (χ0n) is 17.9. The first kappa shape index (κ1) is 25.7. The number of alkyl halides is 3. The Bertz CT molecular complexity index is 728. The number of halogens is 3. The van der Waals surface area contributed by atoms with E-state index in [9.17, 15) is 22.8 Å². The Morgan fingerprint density at radius 2 is 1.63 bits per heavy atom. The molecule has 0 saturated heterocycles. The third-order valence-corrected chi connectivity index (χ3v) is 5.10. The van der Waals surface area contributed by atoms with Crippen LogP contribution in [-0.2, 0) is 14.3 Å². The average molecular weight is 425 g/mol. The maximum atomic E-state index is 12.8. The molecule has 1 aromatic carbocycles. The molecule has 2 aliphatic rings. The summed E-state index contributed by atoms with van der Waals surface area (Å²) in [6.07, 6.45) is 4.95. The number of hydrogen-bond donors (Lipinski definition) is 0. The van der Waals surface area contributed by atoms with Gasteiger partial charge in [-0.1, -0.05) is 69.4 Å². The number of esters is 1. The van der Waals surface area contributed by atoms with Crippen LogP contribution in [0.25, 0.3) is 5.57 Å². The Balaban J connectivity index is 0.000000307. The van der Waals surface area contributed by atoms with Crippen LogP contribution in [0.5, 0.6) is 0 Å². The molecule has 166 valence electrons. The van der Waals surface area contributed by atoms with Crippen LogP contribution in [0.4, 0.5) is 13.2 Å². The van der Waals surface area contributed by atoms with Crippen LogP contribution in [0.15, 0.2) is 47.6 Å². The molecule has 3 nitrogen and oxygen atoms in total. The molecule has 30 heavy (non-hydrogen) atoms. The van der Waals surface area contributed by atoms with Crippen molar-refractivity contribution in [1.82, 2.24) is 0 Å². The molecule has 0 radical (unpaired) electrons. The summed E-state index contributed by atoms with van der Waals surface area (Å²) in [5, 5.41) is 0. The van der Waals surface area contributed by atoms with Crippen molar-refractivity contribution in [2.45, 2.75) is 65.0 Å². The Labute approximate surface area is 177 Å². The summed E-state index contributed by atoms with van der Waals surface area (Å²) in [4.78, 5) is 20.3. The first-order valence-corrected chi connectivity index (χ1v) is 10.2. The molecule has 0 spiro atoms. The van der Waals surface area contributed by atoms with Gasteiger partial charge in [-0.05, 0) is 36.0 Å². The number of ether oxygens (including phenoxy) is 1. The molecule has 0 bridgehead atoms. The minimum absolute atomic E-state index is 0.138. The highest BCUT2D eigenvalue weighted by atomic mass is 19.4. The molecule has 0 unspecified atom stereocenters. The minimum Gasteiger partial charge on any atom is -0.469 e. The molecule has 0 N–H and O–H groups in total. The quantitative estimate of drug-likeness (QED) is 0.392. The maximum absolute atomic E-state index is 12.8. The molecule has 6 heteroatoms. The second-order valence-electron chi connectivity index (χ2n) is 7.53. The van der Waals surface area contributed by atoms with Gasteiger partial charge < -0.3 is 4.74 Å². The van der Waals surface area contributed by atoms with Crippen molar-refractivity contribution in [1.29, 1.82) is 0 Å². The van der Waals surface area contributed by atoms with Crippen molar-refractivity contribution in [2.75, 3.05) is 7.11 Å². The standard InChI is InChI=1S/C14H11F3O.C7H14.C3H6O2/c15-14(16,17)13-8-11(6-7-12(13)9-18)10-4-2-1-3-5-10;1-7-5-3-2-4-6-7;1-3(4)5-2/h1-5,8-9H,6-7H2;7H,2-6H2,1H3;1-2H3. The molecule has 1 saturated carbocycles. The molecule has 0 atom stereocenters. The van der Waals surface area contributed by atoms with E-state index in [1.807, 2.05) is 6.07 Å². The summed E-state index contributed by atoms with van der Waals surface area (Å²) in [5.74, 6) is 0.791. The predicted molar refractivity (Wildman–Crippen MR) is 113 cm³/mol. The van der Waals surface area contributed by atoms with Crippen molar-refractivity contribution < 1.29 is 27.5 Å². The van der Waals surface area contributed by atoms with Crippen LogP contribution in [0.1, 0.15) is 64.4 Å². The normalized spacial score (nSPS) is 16.9. The number of allylic oxidation sites excluding steroid dienone is 4. The Morgan fingerprint density at radius 3 is 2.03 bits per heavy atom. The highest BCUT2D eigenvalue weighted by Crippen LogP contribution is 2.37. The summed E-state index contributed by atoms with van der Waals surface area (Å²) in [5.41, 5.74) is 0.405. The number of carbonyl (C=O) groups excluding carboxylic acids is 2. The van der Waals surface area contributed by atoms with Gasteiger partial charge in [-0.2, -0.15) is 13.2 Å². The number of aldehydes is 1. The fraction of sp³-hybridized carbons (Fsp3) is 0.500. The lowest BCUT2D eigenvalue weighted by atomic mass is 9.89. The molecule has 2 aliphatic carbocycles. The second-order valence-corrected chi connectivity index (χ2v) is 7.53. The van der Waals surface area contributed by atoms with Gasteiger partial charge in [0.1, 0.15) is 6.29 Å². The van der Waals surface area contributed by atoms with E-state index < -0.39 is 11.7 Å². The van der Waals surface area contributed by atoms with Gasteiger partial charge in [0, 0.05) is 12.5 Å². The van der Waals surface area contributed by atoms with E-state index >= 15 is 0 Å². The summed E-state index contributed by atoms with van der Waals surface area (Å²) in [7, 11) is 1.35. The topological polar surface area (TPSA) is 43.4 Å². The van der Waals surface area contributed by atoms with Gasteiger partial charge in [0.2, 0.25) is 0 Å². The van der Waals surface area contributed by atoms with Crippen LogP contribution in [0.3, 0.4) is 0 Å². The molecule has 0 aliphatic heterocycles. The smallest absolute Gasteiger partial charge is 0.416 e. The highest BCUT2D eigenvalue weighted by Gasteiger charge is 2.36. The van der Waals surface area contributed by atoms with Gasteiger partial charge in [-0.25, -0.2) is 0 Å². The number of benzene rings is 1. The lowest BCUT2D eigenvalue weighted by Gasteiger charge is -2.19. The third kappa shape index (κ3) is 9.42.